The zero-order valence-corrected chi connectivity index (χ0v) is 18.3. The van der Waals surface area contributed by atoms with Gasteiger partial charge in [-0.05, 0) is 46.4 Å². The lowest BCUT2D eigenvalue weighted by atomic mass is 10.2. The molecule has 4 nitrogen and oxygen atoms in total. The molecule has 13 heteroatoms. The lowest BCUT2D eigenvalue weighted by Crippen LogP contribution is -2.58. The second-order valence-electron chi connectivity index (χ2n) is 5.93. The number of ether oxygens (including phenoxy) is 2. The molecule has 0 radical (unpaired) electrons. The third-order valence-corrected chi connectivity index (χ3v) is 4.92. The lowest BCUT2D eigenvalue weighted by Gasteiger charge is -2.27. The van der Waals surface area contributed by atoms with Crippen LogP contribution >= 0.6 is 34.2 Å². The fourth-order valence-electron chi connectivity index (χ4n) is 2.16. The zero-order chi connectivity index (χ0) is 23.4. The van der Waals surface area contributed by atoms with Gasteiger partial charge in [0.25, 0.3) is 0 Å². The molecule has 2 aromatic rings. The molecule has 0 aliphatic rings. The Morgan fingerprint density at radius 2 is 1.74 bits per heavy atom. The molecule has 0 heterocycles. The first-order valence-electron chi connectivity index (χ1n) is 8.16. The van der Waals surface area contributed by atoms with Crippen LogP contribution in [0, 0.1) is 3.57 Å². The molecule has 0 saturated heterocycles. The van der Waals surface area contributed by atoms with Crippen molar-refractivity contribution in [2.24, 2.45) is 5.10 Å². The van der Waals surface area contributed by atoms with Crippen molar-refractivity contribution in [2.45, 2.75) is 24.8 Å². The normalized spacial score (nSPS) is 12.8. The number of hydrazone groups is 1. The zero-order valence-electron chi connectivity index (χ0n) is 15.4. The van der Waals surface area contributed by atoms with Gasteiger partial charge in [-0.3, -0.25) is 0 Å². The van der Waals surface area contributed by atoms with Crippen LogP contribution in [0.4, 0.5) is 30.7 Å². The van der Waals surface area contributed by atoms with Crippen molar-refractivity contribution in [1.29, 1.82) is 0 Å². The third kappa shape index (κ3) is 5.84. The van der Waals surface area contributed by atoms with Crippen LogP contribution in [0.2, 0.25) is 5.02 Å². The summed E-state index contributed by atoms with van der Waals surface area (Å²) < 4.78 is 99.9. The van der Waals surface area contributed by atoms with E-state index < -0.39 is 18.1 Å². The van der Waals surface area contributed by atoms with Gasteiger partial charge in [0, 0.05) is 10.6 Å². The number of hydrogen-bond donors (Lipinski definition) is 1. The van der Waals surface area contributed by atoms with Gasteiger partial charge in [0.05, 0.1) is 16.9 Å². The molecule has 0 spiro atoms. The average molecular weight is 585 g/mol. The highest BCUT2D eigenvalue weighted by molar-refractivity contribution is 14.1. The first-order valence-corrected chi connectivity index (χ1v) is 9.62. The van der Waals surface area contributed by atoms with Gasteiger partial charge in [0.2, 0.25) is 0 Å². The number of alkyl halides is 7. The Bertz CT molecular complexity index is 955. The van der Waals surface area contributed by atoms with E-state index in [1.807, 2.05) is 22.6 Å². The van der Waals surface area contributed by atoms with E-state index in [1.54, 1.807) is 24.3 Å². The second-order valence-corrected chi connectivity index (χ2v) is 7.50. The Morgan fingerprint density at radius 3 is 2.32 bits per heavy atom. The quantitative estimate of drug-likeness (QED) is 0.131. The van der Waals surface area contributed by atoms with Crippen LogP contribution in [0.25, 0.3) is 0 Å². The predicted molar refractivity (Wildman–Crippen MR) is 108 cm³/mol. The second kappa shape index (κ2) is 9.67. The Kier molecular flexibility index (Phi) is 7.89. The van der Waals surface area contributed by atoms with Gasteiger partial charge in [-0.15, -0.1) is 0 Å². The molecule has 170 valence electrons. The minimum Gasteiger partial charge on any atom is -0.493 e. The van der Waals surface area contributed by atoms with Crippen LogP contribution in [0.5, 0.6) is 11.5 Å². The lowest BCUT2D eigenvalue weighted by molar-refractivity contribution is -0.361. The molecule has 0 unspecified atom stereocenters. The van der Waals surface area contributed by atoms with Gasteiger partial charge in [-0.2, -0.15) is 35.8 Å². The molecule has 0 atom stereocenters. The highest BCUT2D eigenvalue weighted by Crippen LogP contribution is 2.45. The highest BCUT2D eigenvalue weighted by Gasteiger charge is 2.73. The fourth-order valence-corrected chi connectivity index (χ4v) is 3.13. The molecular formula is C18H13ClF7IN2O2. The number of hydrogen-bond acceptors (Lipinski definition) is 4. The standard InChI is InChI=1S/C18H13ClF7IN2O2/c1-30-14-7-10(8-28-29-18(25,26)16(20,21)17(22,23)24)6-13(27)15(14)31-9-11-4-2-3-5-12(11)19/h2-8,29H,9H2,1H3/b28-8+. The average Bonchev–Trinajstić information content (AvgIpc) is 2.66. The van der Waals surface area contributed by atoms with Crippen molar-refractivity contribution in [3.63, 3.8) is 0 Å². The topological polar surface area (TPSA) is 42.8 Å². The van der Waals surface area contributed by atoms with Crippen molar-refractivity contribution in [3.05, 3.63) is 56.1 Å². The van der Waals surface area contributed by atoms with Crippen molar-refractivity contribution < 1.29 is 40.2 Å². The Hall–Kier alpha value is -1.96. The molecule has 1 N–H and O–H groups in total. The van der Waals surface area contributed by atoms with E-state index in [1.165, 1.54) is 19.2 Å². The highest BCUT2D eigenvalue weighted by atomic mass is 127. The maximum absolute atomic E-state index is 13.2. The van der Waals surface area contributed by atoms with E-state index in [2.05, 4.69) is 5.10 Å². The molecule has 0 fully saturated rings. The monoisotopic (exact) mass is 584 g/mol. The molecule has 0 aliphatic carbocycles. The van der Waals surface area contributed by atoms with Crippen molar-refractivity contribution in [1.82, 2.24) is 5.43 Å². The number of methoxy groups -OCH3 is 1. The number of rotatable bonds is 8. The van der Waals surface area contributed by atoms with Gasteiger partial charge in [0.15, 0.2) is 11.5 Å². The summed E-state index contributed by atoms with van der Waals surface area (Å²) in [5, 5.41) is 3.30. The fraction of sp³-hybridized carbons (Fsp3) is 0.278. The van der Waals surface area contributed by atoms with Gasteiger partial charge in [0.1, 0.15) is 6.61 Å². The van der Waals surface area contributed by atoms with Crippen molar-refractivity contribution in [2.75, 3.05) is 7.11 Å². The Balaban J connectivity index is 2.18. The molecule has 0 saturated carbocycles. The number of benzene rings is 2. The van der Waals surface area contributed by atoms with Crippen molar-refractivity contribution in [3.8, 4) is 11.5 Å². The minimum atomic E-state index is -6.46. The predicted octanol–water partition coefficient (Wildman–Crippen LogP) is 6.25. The molecule has 2 rings (SSSR count). The van der Waals surface area contributed by atoms with E-state index in [9.17, 15) is 30.7 Å². The van der Waals surface area contributed by atoms with Gasteiger partial charge in [-0.25, -0.2) is 5.43 Å². The molecule has 31 heavy (non-hydrogen) atoms. The molecule has 2 aromatic carbocycles. The minimum absolute atomic E-state index is 0.0740. The molecule has 0 aliphatic heterocycles. The maximum Gasteiger partial charge on any atom is 0.462 e. The Labute approximate surface area is 190 Å². The van der Waals surface area contributed by atoms with Crippen molar-refractivity contribution >= 4 is 40.4 Å². The SMILES string of the molecule is COc1cc(/C=N/NC(F)(F)C(F)(F)C(F)(F)F)cc(I)c1OCc1ccccc1Cl. The first kappa shape index (κ1) is 25.3. The summed E-state index contributed by atoms with van der Waals surface area (Å²) in [6.07, 6.45) is -5.82. The van der Waals surface area contributed by atoms with Crippen LogP contribution in [-0.2, 0) is 6.61 Å². The summed E-state index contributed by atoms with van der Waals surface area (Å²) in [5.41, 5.74) is 1.31. The molecular weight excluding hydrogens is 572 g/mol. The maximum atomic E-state index is 13.2. The summed E-state index contributed by atoms with van der Waals surface area (Å²) in [7, 11) is 1.30. The summed E-state index contributed by atoms with van der Waals surface area (Å²) >= 11 is 7.90. The van der Waals surface area contributed by atoms with Crippen LogP contribution in [0.15, 0.2) is 41.5 Å². The summed E-state index contributed by atoms with van der Waals surface area (Å²) in [6.45, 7) is 0.0831. The third-order valence-electron chi connectivity index (χ3n) is 3.75. The summed E-state index contributed by atoms with van der Waals surface area (Å²) in [6, 6.07) is 3.91. The van der Waals surface area contributed by atoms with E-state index in [0.29, 0.717) is 25.8 Å². The Morgan fingerprint density at radius 1 is 1.10 bits per heavy atom. The van der Waals surface area contributed by atoms with Crippen LogP contribution in [0.1, 0.15) is 11.1 Å². The number of nitrogens with one attached hydrogen (secondary N) is 1. The van der Waals surface area contributed by atoms with E-state index in [-0.39, 0.29) is 23.7 Å². The molecule has 0 aromatic heterocycles. The smallest absolute Gasteiger partial charge is 0.462 e. The molecule has 0 bridgehead atoms. The van der Waals surface area contributed by atoms with Gasteiger partial charge < -0.3 is 9.47 Å². The summed E-state index contributed by atoms with van der Waals surface area (Å²) in [5.74, 6) is -5.89. The van der Waals surface area contributed by atoms with E-state index in [0.717, 1.165) is 0 Å². The first-order chi connectivity index (χ1) is 14.3. The van der Waals surface area contributed by atoms with E-state index >= 15 is 0 Å². The number of halogens is 9. The molecule has 0 amide bonds. The van der Waals surface area contributed by atoms with E-state index in [4.69, 9.17) is 21.1 Å². The largest absolute Gasteiger partial charge is 0.493 e. The summed E-state index contributed by atoms with van der Waals surface area (Å²) in [4.78, 5) is 0. The number of nitrogens with zero attached hydrogens (tertiary/aromatic N) is 1. The van der Waals surface area contributed by atoms with Crippen LogP contribution in [0.3, 0.4) is 0 Å². The van der Waals surface area contributed by atoms with Gasteiger partial charge >= 0.3 is 18.1 Å². The van der Waals surface area contributed by atoms with Crippen LogP contribution < -0.4 is 14.9 Å². The van der Waals surface area contributed by atoms with Gasteiger partial charge in [-0.1, -0.05) is 29.8 Å². The van der Waals surface area contributed by atoms with Crippen LogP contribution in [-0.4, -0.2) is 31.5 Å².